The van der Waals surface area contributed by atoms with E-state index in [9.17, 15) is 13.2 Å². The Morgan fingerprint density at radius 3 is 2.03 bits per heavy atom. The maximum Gasteiger partial charge on any atom is 0.257 e. The van der Waals surface area contributed by atoms with Gasteiger partial charge in [0, 0.05) is 26.7 Å². The maximum atomic E-state index is 12.4. The molecule has 11 heteroatoms. The highest BCUT2D eigenvalue weighted by atomic mass is 32.2. The van der Waals surface area contributed by atoms with Gasteiger partial charge >= 0.3 is 0 Å². The average molecular weight is 496 g/mol. The number of methoxy groups -OCH3 is 6. The molecular formula is C23H29NO9S. The molecule has 0 aromatic heterocycles. The zero-order valence-corrected chi connectivity index (χ0v) is 20.7. The first kappa shape index (κ1) is 27.0. The summed E-state index contributed by atoms with van der Waals surface area (Å²) in [6.45, 7) is 0. The lowest BCUT2D eigenvalue weighted by molar-refractivity contribution is -0.199. The Balaban J connectivity index is 2.13. The Bertz CT molecular complexity index is 1090. The fraction of sp³-hybridized carbons (Fsp3) is 0.348. The molecule has 0 bridgehead atoms. The number of ether oxygens (including phenoxy) is 6. The van der Waals surface area contributed by atoms with Crippen molar-refractivity contribution in [2.75, 3.05) is 42.7 Å². The van der Waals surface area contributed by atoms with Crippen molar-refractivity contribution < 1.29 is 41.6 Å². The van der Waals surface area contributed by atoms with Gasteiger partial charge in [-0.2, -0.15) is 0 Å². The first-order chi connectivity index (χ1) is 16.2. The third kappa shape index (κ3) is 6.40. The van der Waals surface area contributed by atoms with Crippen molar-refractivity contribution in [2.45, 2.75) is 12.2 Å². The highest BCUT2D eigenvalue weighted by Crippen LogP contribution is 2.38. The van der Waals surface area contributed by atoms with Crippen LogP contribution in [0.1, 0.15) is 12.0 Å². The molecule has 0 aliphatic heterocycles. The molecule has 186 valence electrons. The largest absolute Gasteiger partial charge is 0.495 e. The fourth-order valence-corrected chi connectivity index (χ4v) is 4.02. The van der Waals surface area contributed by atoms with Crippen LogP contribution in [0.4, 0.5) is 0 Å². The highest BCUT2D eigenvalue weighted by molar-refractivity contribution is 7.92. The second kappa shape index (κ2) is 11.7. The number of rotatable bonds is 11. The van der Waals surface area contributed by atoms with E-state index in [4.69, 9.17) is 28.4 Å². The van der Waals surface area contributed by atoms with Crippen LogP contribution in [-0.4, -0.2) is 62.8 Å². The van der Waals surface area contributed by atoms with Crippen LogP contribution in [0.5, 0.6) is 17.2 Å². The number of amides is 1. The summed E-state index contributed by atoms with van der Waals surface area (Å²) >= 11 is 0. The van der Waals surface area contributed by atoms with Gasteiger partial charge in [0.25, 0.3) is 15.9 Å². The van der Waals surface area contributed by atoms with Gasteiger partial charge in [-0.1, -0.05) is 6.08 Å². The Kier molecular flexibility index (Phi) is 9.30. The van der Waals surface area contributed by atoms with Gasteiger partial charge in [-0.05, 0) is 41.5 Å². The molecule has 0 saturated heterocycles. The van der Waals surface area contributed by atoms with Gasteiger partial charge in [0.15, 0.2) is 17.3 Å². The van der Waals surface area contributed by atoms with Crippen LogP contribution in [0.3, 0.4) is 0 Å². The summed E-state index contributed by atoms with van der Waals surface area (Å²) < 4.78 is 58.6. The lowest BCUT2D eigenvalue weighted by Gasteiger charge is -2.34. The van der Waals surface area contributed by atoms with E-state index in [-0.39, 0.29) is 6.42 Å². The summed E-state index contributed by atoms with van der Waals surface area (Å²) in [4.78, 5) is 12.2. The Morgan fingerprint density at radius 2 is 1.53 bits per heavy atom. The molecule has 34 heavy (non-hydrogen) atoms. The second-order valence-corrected chi connectivity index (χ2v) is 8.49. The van der Waals surface area contributed by atoms with Crippen molar-refractivity contribution in [3.63, 3.8) is 0 Å². The van der Waals surface area contributed by atoms with Crippen LogP contribution < -0.4 is 18.9 Å². The molecule has 0 unspecified atom stereocenters. The number of hydrogen-bond donors (Lipinski definition) is 1. The topological polar surface area (TPSA) is 119 Å². The Labute approximate surface area is 199 Å². The monoisotopic (exact) mass is 495 g/mol. The molecule has 1 aromatic rings. The summed E-state index contributed by atoms with van der Waals surface area (Å²) in [5.41, 5.74) is 1.14. The van der Waals surface area contributed by atoms with Crippen molar-refractivity contribution in [1.29, 1.82) is 0 Å². The zero-order chi connectivity index (χ0) is 25.4. The van der Waals surface area contributed by atoms with E-state index in [1.165, 1.54) is 54.8 Å². The number of nitrogens with one attached hydrogen (secondary N) is 1. The van der Waals surface area contributed by atoms with Crippen LogP contribution in [-0.2, 0) is 29.0 Å². The lowest BCUT2D eigenvalue weighted by atomic mass is 9.97. The quantitative estimate of drug-likeness (QED) is 0.365. The van der Waals surface area contributed by atoms with Crippen LogP contribution in [0.2, 0.25) is 0 Å². The molecule has 1 amide bonds. The van der Waals surface area contributed by atoms with E-state index in [0.717, 1.165) is 11.5 Å². The molecule has 0 atom stereocenters. The normalized spacial score (nSPS) is 15.6. The minimum Gasteiger partial charge on any atom is -0.495 e. The number of carbonyl (C=O) groups is 1. The van der Waals surface area contributed by atoms with E-state index < -0.39 is 21.7 Å². The molecule has 1 N–H and O–H groups in total. The average Bonchev–Trinajstić information content (AvgIpc) is 2.84. The van der Waals surface area contributed by atoms with Crippen LogP contribution in [0.15, 0.2) is 53.2 Å². The SMILES string of the molecule is COC1=CC=C(C=CS(=O)(=O)NC(=O)C=Cc2cc(OC)c(OC)c(OC)c2)CC1(OC)OC. The van der Waals surface area contributed by atoms with Crippen LogP contribution in [0, 0.1) is 0 Å². The van der Waals surface area contributed by atoms with Gasteiger partial charge in [0.2, 0.25) is 11.5 Å². The smallest absolute Gasteiger partial charge is 0.257 e. The Hall–Kier alpha value is -3.28. The summed E-state index contributed by atoms with van der Waals surface area (Å²) in [5.74, 6) is -0.364. The van der Waals surface area contributed by atoms with Crippen molar-refractivity contribution >= 4 is 22.0 Å². The van der Waals surface area contributed by atoms with Crippen molar-refractivity contribution in [3.05, 3.63) is 58.7 Å². The van der Waals surface area contributed by atoms with Gasteiger partial charge in [0.1, 0.15) is 0 Å². The second-order valence-electron chi connectivity index (χ2n) is 6.92. The summed E-state index contributed by atoms with van der Waals surface area (Å²) in [6.07, 6.45) is 7.37. The van der Waals surface area contributed by atoms with Gasteiger partial charge in [-0.15, -0.1) is 0 Å². The molecular weight excluding hydrogens is 466 g/mol. The number of benzene rings is 1. The highest BCUT2D eigenvalue weighted by Gasteiger charge is 2.38. The van der Waals surface area contributed by atoms with Gasteiger partial charge in [0.05, 0.1) is 33.8 Å². The number of allylic oxidation sites excluding steroid dienone is 3. The third-order valence-corrected chi connectivity index (χ3v) is 5.94. The zero-order valence-electron chi connectivity index (χ0n) is 19.9. The molecule has 1 aliphatic carbocycles. The van der Waals surface area contributed by atoms with Crippen LogP contribution in [0.25, 0.3) is 6.08 Å². The van der Waals surface area contributed by atoms with E-state index in [1.807, 2.05) is 4.72 Å². The van der Waals surface area contributed by atoms with E-state index >= 15 is 0 Å². The molecule has 0 fully saturated rings. The minimum atomic E-state index is -4.07. The van der Waals surface area contributed by atoms with E-state index in [0.29, 0.717) is 34.1 Å². The molecule has 0 heterocycles. The fourth-order valence-electron chi connectivity index (χ4n) is 3.25. The van der Waals surface area contributed by atoms with Crippen molar-refractivity contribution in [1.82, 2.24) is 4.72 Å². The first-order valence-corrected chi connectivity index (χ1v) is 11.5. The Morgan fingerprint density at radius 1 is 0.912 bits per heavy atom. The minimum absolute atomic E-state index is 0.209. The maximum absolute atomic E-state index is 12.4. The molecule has 0 saturated carbocycles. The summed E-state index contributed by atoms with van der Waals surface area (Å²) in [6, 6.07) is 3.24. The van der Waals surface area contributed by atoms with Crippen molar-refractivity contribution in [2.24, 2.45) is 0 Å². The molecule has 1 aliphatic rings. The standard InChI is InChI=1S/C23H29NO9S/c1-28-18-13-17(14-19(29-2)22(18)31-4)8-10-21(25)24-34(26,27)12-11-16-7-9-20(30-3)23(15-16,32-5)33-6/h7-14H,15H2,1-6H3,(H,24,25). The third-order valence-electron chi connectivity index (χ3n) is 4.96. The molecule has 0 radical (unpaired) electrons. The van der Waals surface area contributed by atoms with Gasteiger partial charge in [-0.3, -0.25) is 4.79 Å². The van der Waals surface area contributed by atoms with Crippen LogP contribution >= 0.6 is 0 Å². The lowest BCUT2D eigenvalue weighted by Crippen LogP contribution is -2.38. The molecule has 2 rings (SSSR count). The number of carbonyl (C=O) groups excluding carboxylic acids is 1. The summed E-state index contributed by atoms with van der Waals surface area (Å²) in [7, 11) is 4.74. The molecule has 10 nitrogen and oxygen atoms in total. The van der Waals surface area contributed by atoms with E-state index in [2.05, 4.69) is 0 Å². The number of hydrogen-bond acceptors (Lipinski definition) is 9. The van der Waals surface area contributed by atoms with Crippen molar-refractivity contribution in [3.8, 4) is 17.2 Å². The summed E-state index contributed by atoms with van der Waals surface area (Å²) in [5, 5.41) is 0.895. The van der Waals surface area contributed by atoms with Gasteiger partial charge < -0.3 is 28.4 Å². The number of sulfonamides is 1. The van der Waals surface area contributed by atoms with E-state index in [1.54, 1.807) is 24.3 Å². The molecule has 1 aromatic carbocycles. The first-order valence-electron chi connectivity index (χ1n) is 9.96. The predicted molar refractivity (Wildman–Crippen MR) is 126 cm³/mol. The predicted octanol–water partition coefficient (Wildman–Crippen LogP) is 2.53. The molecule has 0 spiro atoms. The van der Waals surface area contributed by atoms with Gasteiger partial charge in [-0.25, -0.2) is 13.1 Å².